The van der Waals surface area contributed by atoms with E-state index in [0.29, 0.717) is 16.5 Å². The van der Waals surface area contributed by atoms with Crippen molar-refractivity contribution in [3.63, 3.8) is 0 Å². The first-order valence-corrected chi connectivity index (χ1v) is 6.02. The quantitative estimate of drug-likeness (QED) is 0.925. The molecular formula is C14H15ClN2O. The molecule has 0 aliphatic rings. The van der Waals surface area contributed by atoms with Gasteiger partial charge < -0.3 is 10.5 Å². The molecule has 94 valence electrons. The highest BCUT2D eigenvalue weighted by atomic mass is 35.5. The van der Waals surface area contributed by atoms with Gasteiger partial charge in [-0.2, -0.15) is 0 Å². The molecule has 0 amide bonds. The lowest BCUT2D eigenvalue weighted by atomic mass is 9.98. The van der Waals surface area contributed by atoms with Gasteiger partial charge in [-0.05, 0) is 42.3 Å². The first-order chi connectivity index (χ1) is 8.63. The van der Waals surface area contributed by atoms with E-state index in [0.717, 1.165) is 11.1 Å². The van der Waals surface area contributed by atoms with Crippen LogP contribution < -0.4 is 10.5 Å². The van der Waals surface area contributed by atoms with Crippen LogP contribution in [0.2, 0.25) is 5.02 Å². The maximum absolute atomic E-state index is 6.26. The number of pyridine rings is 1. The molecule has 2 N–H and O–H groups in total. The number of ether oxygens (including phenoxy) is 1. The third-order valence-electron chi connectivity index (χ3n) is 2.89. The number of nitrogens with zero attached hydrogens (tertiary/aromatic N) is 1. The molecule has 0 spiro atoms. The zero-order valence-electron chi connectivity index (χ0n) is 10.4. The van der Waals surface area contributed by atoms with Crippen molar-refractivity contribution in [3.8, 4) is 5.75 Å². The number of methoxy groups -OCH3 is 1. The minimum absolute atomic E-state index is 0.347. The van der Waals surface area contributed by atoms with Gasteiger partial charge in [-0.3, -0.25) is 4.98 Å². The highest BCUT2D eigenvalue weighted by molar-refractivity contribution is 6.30. The molecule has 0 aliphatic carbocycles. The Morgan fingerprint density at radius 1 is 1.33 bits per heavy atom. The van der Waals surface area contributed by atoms with Crippen LogP contribution in [-0.2, 0) is 0 Å². The highest BCUT2D eigenvalue weighted by Gasteiger charge is 2.17. The van der Waals surface area contributed by atoms with E-state index in [1.54, 1.807) is 13.3 Å². The summed E-state index contributed by atoms with van der Waals surface area (Å²) >= 11 is 6.01. The fourth-order valence-electron chi connectivity index (χ4n) is 1.90. The Morgan fingerprint density at radius 3 is 2.83 bits per heavy atom. The Morgan fingerprint density at radius 2 is 2.11 bits per heavy atom. The van der Waals surface area contributed by atoms with E-state index < -0.39 is 0 Å². The van der Waals surface area contributed by atoms with Gasteiger partial charge in [-0.1, -0.05) is 17.7 Å². The van der Waals surface area contributed by atoms with E-state index in [-0.39, 0.29) is 6.04 Å². The molecule has 0 saturated carbocycles. The Kier molecular flexibility index (Phi) is 3.84. The molecule has 18 heavy (non-hydrogen) atoms. The van der Waals surface area contributed by atoms with Crippen molar-refractivity contribution in [2.45, 2.75) is 13.0 Å². The van der Waals surface area contributed by atoms with Crippen molar-refractivity contribution in [3.05, 3.63) is 58.4 Å². The van der Waals surface area contributed by atoms with Crippen LogP contribution in [-0.4, -0.2) is 12.1 Å². The molecule has 0 saturated heterocycles. The summed E-state index contributed by atoms with van der Waals surface area (Å²) in [5, 5.41) is 0.668. The molecule has 0 bridgehead atoms. The van der Waals surface area contributed by atoms with Gasteiger partial charge in [0.1, 0.15) is 11.4 Å². The fourth-order valence-corrected chi connectivity index (χ4v) is 2.08. The molecule has 1 aromatic carbocycles. The Labute approximate surface area is 112 Å². The van der Waals surface area contributed by atoms with Crippen LogP contribution in [0.25, 0.3) is 0 Å². The van der Waals surface area contributed by atoms with E-state index in [1.165, 1.54) is 0 Å². The molecule has 1 atom stereocenters. The van der Waals surface area contributed by atoms with Crippen LogP contribution in [0.5, 0.6) is 5.75 Å². The maximum atomic E-state index is 6.26. The second-order valence-corrected chi connectivity index (χ2v) is 4.51. The largest absolute Gasteiger partial charge is 0.495 e. The van der Waals surface area contributed by atoms with Crippen LogP contribution in [0.1, 0.15) is 22.9 Å². The zero-order chi connectivity index (χ0) is 13.1. The maximum Gasteiger partial charge on any atom is 0.142 e. The molecule has 0 radical (unpaired) electrons. The van der Waals surface area contributed by atoms with E-state index in [9.17, 15) is 0 Å². The van der Waals surface area contributed by atoms with E-state index >= 15 is 0 Å². The smallest absolute Gasteiger partial charge is 0.142 e. The minimum atomic E-state index is -0.347. The van der Waals surface area contributed by atoms with Gasteiger partial charge in [-0.15, -0.1) is 0 Å². The number of hydrogen-bond acceptors (Lipinski definition) is 3. The first kappa shape index (κ1) is 12.9. The van der Waals surface area contributed by atoms with Crippen LogP contribution in [0.4, 0.5) is 0 Å². The second kappa shape index (κ2) is 5.38. The van der Waals surface area contributed by atoms with Gasteiger partial charge in [0.2, 0.25) is 0 Å². The summed E-state index contributed by atoms with van der Waals surface area (Å²) in [6, 6.07) is 8.99. The van der Waals surface area contributed by atoms with Crippen LogP contribution in [0.15, 0.2) is 36.5 Å². The summed E-state index contributed by atoms with van der Waals surface area (Å²) in [6.45, 7) is 2.00. The summed E-state index contributed by atoms with van der Waals surface area (Å²) in [5.74, 6) is 0.685. The lowest BCUT2D eigenvalue weighted by Gasteiger charge is -2.17. The molecule has 0 fully saturated rings. The highest BCUT2D eigenvalue weighted by Crippen LogP contribution is 2.29. The molecule has 1 unspecified atom stereocenters. The number of aromatic nitrogens is 1. The summed E-state index contributed by atoms with van der Waals surface area (Å²) in [5.41, 5.74) is 9.02. The van der Waals surface area contributed by atoms with E-state index in [4.69, 9.17) is 22.1 Å². The van der Waals surface area contributed by atoms with Crippen molar-refractivity contribution in [2.24, 2.45) is 5.73 Å². The van der Waals surface area contributed by atoms with Gasteiger partial charge >= 0.3 is 0 Å². The molecule has 2 rings (SSSR count). The Hall–Kier alpha value is -1.58. The van der Waals surface area contributed by atoms with E-state index in [1.807, 2.05) is 37.3 Å². The zero-order valence-corrected chi connectivity index (χ0v) is 11.1. The number of hydrogen-bond donors (Lipinski definition) is 1. The Bertz CT molecular complexity index is 557. The molecule has 2 aromatic rings. The van der Waals surface area contributed by atoms with E-state index in [2.05, 4.69) is 4.98 Å². The van der Waals surface area contributed by atoms with Crippen molar-refractivity contribution < 1.29 is 4.74 Å². The average molecular weight is 263 g/mol. The topological polar surface area (TPSA) is 48.1 Å². The summed E-state index contributed by atoms with van der Waals surface area (Å²) in [6.07, 6.45) is 1.71. The van der Waals surface area contributed by atoms with Crippen LogP contribution in [0.3, 0.4) is 0 Å². The minimum Gasteiger partial charge on any atom is -0.495 e. The van der Waals surface area contributed by atoms with Crippen molar-refractivity contribution >= 4 is 11.6 Å². The third-order valence-corrected chi connectivity index (χ3v) is 3.13. The van der Waals surface area contributed by atoms with Crippen LogP contribution >= 0.6 is 11.6 Å². The number of aryl methyl sites for hydroxylation is 1. The average Bonchev–Trinajstić information content (AvgIpc) is 2.40. The predicted molar refractivity (Wildman–Crippen MR) is 73.0 cm³/mol. The standard InChI is InChI=1S/C14H15ClN2O/c1-9-5-6-10(15)8-11(9)13(16)14-12(18-2)4-3-7-17-14/h3-8,13H,16H2,1-2H3. The fraction of sp³-hybridized carbons (Fsp3) is 0.214. The first-order valence-electron chi connectivity index (χ1n) is 5.64. The molecule has 3 nitrogen and oxygen atoms in total. The normalized spacial score (nSPS) is 12.2. The Balaban J connectivity index is 2.47. The molecule has 4 heteroatoms. The lowest BCUT2D eigenvalue weighted by Crippen LogP contribution is -2.16. The number of benzene rings is 1. The number of nitrogens with two attached hydrogens (primary N) is 1. The third kappa shape index (κ3) is 2.47. The monoisotopic (exact) mass is 262 g/mol. The van der Waals surface area contributed by atoms with Crippen molar-refractivity contribution in [2.75, 3.05) is 7.11 Å². The van der Waals surface area contributed by atoms with Gasteiger partial charge in [0.25, 0.3) is 0 Å². The summed E-state index contributed by atoms with van der Waals surface area (Å²) in [7, 11) is 1.61. The molecule has 1 aromatic heterocycles. The number of rotatable bonds is 3. The van der Waals surface area contributed by atoms with Gasteiger partial charge in [0.05, 0.1) is 13.2 Å². The number of halogens is 1. The molecule has 0 aliphatic heterocycles. The van der Waals surface area contributed by atoms with Crippen molar-refractivity contribution in [1.82, 2.24) is 4.98 Å². The molecule has 1 heterocycles. The molecular weight excluding hydrogens is 248 g/mol. The summed E-state index contributed by atoms with van der Waals surface area (Å²) < 4.78 is 5.28. The van der Waals surface area contributed by atoms with Crippen molar-refractivity contribution in [1.29, 1.82) is 0 Å². The predicted octanol–water partition coefficient (Wildman–Crippen LogP) is 3.10. The van der Waals surface area contributed by atoms with Gasteiger partial charge in [0.15, 0.2) is 0 Å². The summed E-state index contributed by atoms with van der Waals surface area (Å²) in [4.78, 5) is 4.30. The van der Waals surface area contributed by atoms with Gasteiger partial charge in [-0.25, -0.2) is 0 Å². The SMILES string of the molecule is COc1cccnc1C(N)c1cc(Cl)ccc1C. The van der Waals surface area contributed by atoms with Crippen LogP contribution in [0, 0.1) is 6.92 Å². The lowest BCUT2D eigenvalue weighted by molar-refractivity contribution is 0.404. The second-order valence-electron chi connectivity index (χ2n) is 4.07. The van der Waals surface area contributed by atoms with Gasteiger partial charge in [0, 0.05) is 11.2 Å².